The van der Waals surface area contributed by atoms with Crippen LogP contribution >= 0.6 is 11.3 Å². The molecule has 3 heterocycles. The minimum atomic E-state index is -0.535. The second-order valence-electron chi connectivity index (χ2n) is 8.36. The van der Waals surface area contributed by atoms with E-state index in [4.69, 9.17) is 0 Å². The summed E-state index contributed by atoms with van der Waals surface area (Å²) in [5.41, 5.74) is 1.26. The van der Waals surface area contributed by atoms with E-state index in [-0.39, 0.29) is 34.1 Å². The highest BCUT2D eigenvalue weighted by Gasteiger charge is 2.21. The monoisotopic (exact) mass is 535 g/mol. The molecular formula is C26H26FN7O3S. The number of fused-ring (bicyclic) bond motifs is 1. The maximum absolute atomic E-state index is 13.5. The third-order valence-electron chi connectivity index (χ3n) is 5.85. The van der Waals surface area contributed by atoms with Crippen LogP contribution in [0.25, 0.3) is 11.8 Å². The molecule has 196 valence electrons. The van der Waals surface area contributed by atoms with E-state index < -0.39 is 5.91 Å². The van der Waals surface area contributed by atoms with Gasteiger partial charge in [0.25, 0.3) is 11.5 Å². The van der Waals surface area contributed by atoms with Crippen molar-refractivity contribution in [3.05, 3.63) is 67.3 Å². The molecule has 1 aliphatic rings. The van der Waals surface area contributed by atoms with E-state index in [1.54, 1.807) is 38.1 Å². The van der Waals surface area contributed by atoms with E-state index in [0.29, 0.717) is 42.2 Å². The van der Waals surface area contributed by atoms with Crippen molar-refractivity contribution in [3.63, 3.8) is 0 Å². The van der Waals surface area contributed by atoms with Gasteiger partial charge in [0.15, 0.2) is 5.57 Å². The molecule has 0 spiro atoms. The van der Waals surface area contributed by atoms with Crippen LogP contribution < -0.4 is 35.6 Å². The molecule has 1 aromatic carbocycles. The van der Waals surface area contributed by atoms with Crippen LogP contribution in [0.2, 0.25) is 0 Å². The van der Waals surface area contributed by atoms with Gasteiger partial charge < -0.3 is 20.9 Å². The molecule has 0 radical (unpaired) electrons. The summed E-state index contributed by atoms with van der Waals surface area (Å²) in [6.45, 7) is 4.87. The predicted molar refractivity (Wildman–Crippen MR) is 144 cm³/mol. The summed E-state index contributed by atoms with van der Waals surface area (Å²) in [7, 11) is 0. The Bertz CT molecular complexity index is 1610. The molecule has 0 saturated heterocycles. The standard InChI is InChI=1S/C26H26FN7O3S/c1-3-29-24(36)18(13-28)26-34(4-2)25(37)20(38-26)14-30-21-6-5-7-22(31-21)32-23(35)15-33-11-10-16-12-17(27)8-9-19(16)33/h5-9,12,14H,3-4,10-11,15H2,1-2H3,(H,29,36)(H2,30,31,32,35)/b20-14+,26-18-. The largest absolute Gasteiger partial charge is 0.362 e. The number of nitrogens with one attached hydrogen (secondary N) is 3. The SMILES string of the molecule is CCNC(=O)/C(C#N)=c1\s/c(=C/Nc2cccc(NC(=O)CN3CCc4cc(F)ccc43)n2)c(=O)n1CC. The number of nitrogens with zero attached hydrogens (tertiary/aromatic N) is 4. The quantitative estimate of drug-likeness (QED) is 0.394. The number of aromatic nitrogens is 2. The average molecular weight is 536 g/mol. The van der Waals surface area contributed by atoms with E-state index in [2.05, 4.69) is 20.9 Å². The van der Waals surface area contributed by atoms with E-state index in [1.807, 2.05) is 11.0 Å². The number of carbonyl (C=O) groups excluding carboxylic acids is 2. The van der Waals surface area contributed by atoms with Crippen molar-refractivity contribution in [2.75, 3.05) is 35.2 Å². The zero-order chi connectivity index (χ0) is 27.2. The number of carbonyl (C=O) groups is 2. The van der Waals surface area contributed by atoms with Crippen LogP contribution in [-0.2, 0) is 22.6 Å². The molecule has 0 fully saturated rings. The maximum atomic E-state index is 13.5. The number of nitriles is 1. The van der Waals surface area contributed by atoms with Crippen LogP contribution in [0.3, 0.4) is 0 Å². The molecule has 10 nitrogen and oxygen atoms in total. The summed E-state index contributed by atoms with van der Waals surface area (Å²) < 4.78 is 15.4. The van der Waals surface area contributed by atoms with Crippen molar-refractivity contribution in [1.82, 2.24) is 14.9 Å². The highest BCUT2D eigenvalue weighted by Crippen LogP contribution is 2.28. The van der Waals surface area contributed by atoms with Crippen LogP contribution in [-0.4, -0.2) is 41.0 Å². The third-order valence-corrected chi connectivity index (χ3v) is 6.98. The number of thiazole rings is 1. The van der Waals surface area contributed by atoms with Crippen molar-refractivity contribution in [2.45, 2.75) is 26.8 Å². The first-order valence-corrected chi connectivity index (χ1v) is 12.9. The Morgan fingerprint density at radius 3 is 2.76 bits per heavy atom. The number of amides is 2. The number of anilines is 3. The van der Waals surface area contributed by atoms with Crippen molar-refractivity contribution in [1.29, 1.82) is 5.26 Å². The van der Waals surface area contributed by atoms with Gasteiger partial charge in [0, 0.05) is 31.5 Å². The van der Waals surface area contributed by atoms with E-state index >= 15 is 0 Å². The molecule has 0 unspecified atom stereocenters. The van der Waals surface area contributed by atoms with Crippen LogP contribution in [0.15, 0.2) is 41.2 Å². The fourth-order valence-electron chi connectivity index (χ4n) is 4.12. The summed E-state index contributed by atoms with van der Waals surface area (Å²) in [5.74, 6) is -0.392. The topological polar surface area (TPSA) is 132 Å². The van der Waals surface area contributed by atoms with Gasteiger partial charge in [-0.3, -0.25) is 19.0 Å². The molecule has 0 atom stereocenters. The molecule has 4 rings (SSSR count). The number of hydrogen-bond acceptors (Lipinski definition) is 8. The second kappa shape index (κ2) is 11.7. The zero-order valence-electron chi connectivity index (χ0n) is 20.9. The Morgan fingerprint density at radius 2 is 2.03 bits per heavy atom. The van der Waals surface area contributed by atoms with Gasteiger partial charge in [0.1, 0.15) is 32.7 Å². The number of benzene rings is 1. The van der Waals surface area contributed by atoms with Gasteiger partial charge in [0.2, 0.25) is 5.91 Å². The maximum Gasteiger partial charge on any atom is 0.270 e. The van der Waals surface area contributed by atoms with Crippen LogP contribution in [0.4, 0.5) is 21.7 Å². The van der Waals surface area contributed by atoms with Gasteiger partial charge in [-0.15, -0.1) is 11.3 Å². The van der Waals surface area contributed by atoms with Crippen molar-refractivity contribution in [3.8, 4) is 6.07 Å². The molecule has 2 aromatic heterocycles. The van der Waals surface area contributed by atoms with Crippen molar-refractivity contribution < 1.29 is 14.0 Å². The van der Waals surface area contributed by atoms with Gasteiger partial charge >= 0.3 is 0 Å². The third kappa shape index (κ3) is 5.73. The highest BCUT2D eigenvalue weighted by atomic mass is 32.1. The summed E-state index contributed by atoms with van der Waals surface area (Å²) in [5, 5.41) is 17.8. The first-order chi connectivity index (χ1) is 18.3. The summed E-state index contributed by atoms with van der Waals surface area (Å²) in [4.78, 5) is 44.1. The molecule has 3 N–H and O–H groups in total. The number of pyridine rings is 1. The Balaban J connectivity index is 1.50. The molecule has 0 aliphatic carbocycles. The lowest BCUT2D eigenvalue weighted by Crippen LogP contribution is -2.34. The minimum Gasteiger partial charge on any atom is -0.362 e. The van der Waals surface area contributed by atoms with E-state index in [0.717, 1.165) is 22.6 Å². The number of hydrogen-bond donors (Lipinski definition) is 3. The lowest BCUT2D eigenvalue weighted by atomic mass is 10.2. The van der Waals surface area contributed by atoms with Gasteiger partial charge in [-0.25, -0.2) is 9.37 Å². The van der Waals surface area contributed by atoms with Crippen LogP contribution in [0.5, 0.6) is 0 Å². The van der Waals surface area contributed by atoms with E-state index in [1.165, 1.54) is 22.9 Å². The van der Waals surface area contributed by atoms with Crippen LogP contribution in [0, 0.1) is 17.1 Å². The summed E-state index contributed by atoms with van der Waals surface area (Å²) in [6.07, 6.45) is 2.14. The van der Waals surface area contributed by atoms with Crippen molar-refractivity contribution in [2.24, 2.45) is 0 Å². The molecule has 2 amide bonds. The molecular weight excluding hydrogens is 509 g/mol. The van der Waals surface area contributed by atoms with Gasteiger partial charge in [0.05, 0.1) is 6.54 Å². The fourth-order valence-corrected chi connectivity index (χ4v) is 5.21. The smallest absolute Gasteiger partial charge is 0.270 e. The highest BCUT2D eigenvalue weighted by molar-refractivity contribution is 7.07. The molecule has 38 heavy (non-hydrogen) atoms. The number of halogens is 1. The second-order valence-corrected chi connectivity index (χ2v) is 9.39. The molecule has 0 saturated carbocycles. The normalized spacial score (nSPS) is 13.5. The molecule has 1 aliphatic heterocycles. The molecule has 3 aromatic rings. The lowest BCUT2D eigenvalue weighted by molar-refractivity contribution is -0.116. The lowest BCUT2D eigenvalue weighted by Gasteiger charge is -2.18. The molecule has 0 bridgehead atoms. The molecule has 12 heteroatoms. The minimum absolute atomic E-state index is 0.0992. The first kappa shape index (κ1) is 26.6. The van der Waals surface area contributed by atoms with Gasteiger partial charge in [-0.2, -0.15) is 5.26 Å². The predicted octanol–water partition coefficient (Wildman–Crippen LogP) is 1.13. The van der Waals surface area contributed by atoms with Gasteiger partial charge in [-0.1, -0.05) is 6.07 Å². The number of rotatable bonds is 8. The Hall–Kier alpha value is -4.50. The average Bonchev–Trinajstić information content (AvgIpc) is 3.43. The van der Waals surface area contributed by atoms with E-state index in [9.17, 15) is 24.0 Å². The Morgan fingerprint density at radius 1 is 1.24 bits per heavy atom. The zero-order valence-corrected chi connectivity index (χ0v) is 21.7. The van der Waals surface area contributed by atoms with Gasteiger partial charge in [-0.05, 0) is 56.2 Å². The summed E-state index contributed by atoms with van der Waals surface area (Å²) >= 11 is 1.03. The Kier molecular flexibility index (Phi) is 8.18. The fraction of sp³-hybridized carbons (Fsp3) is 0.269. The first-order valence-electron chi connectivity index (χ1n) is 12.0. The van der Waals surface area contributed by atoms with Crippen molar-refractivity contribution >= 4 is 52.2 Å². The Labute approximate surface area is 221 Å². The summed E-state index contributed by atoms with van der Waals surface area (Å²) in [6, 6.07) is 11.5. The van der Waals surface area contributed by atoms with Crippen LogP contribution in [0.1, 0.15) is 19.4 Å².